The molecule has 1 atom stereocenters. The van der Waals surface area contributed by atoms with E-state index < -0.39 is 0 Å². The first-order valence-electron chi connectivity index (χ1n) is 8.75. The summed E-state index contributed by atoms with van der Waals surface area (Å²) in [5.41, 5.74) is 0.957. The van der Waals surface area contributed by atoms with Crippen LogP contribution in [0.3, 0.4) is 0 Å². The molecule has 0 saturated heterocycles. The summed E-state index contributed by atoms with van der Waals surface area (Å²) < 4.78 is 11.0. The molecule has 7 heteroatoms. The molecule has 1 unspecified atom stereocenters. The van der Waals surface area contributed by atoms with E-state index in [0.29, 0.717) is 37.0 Å². The van der Waals surface area contributed by atoms with Gasteiger partial charge in [-0.05, 0) is 37.1 Å². The second-order valence-electron chi connectivity index (χ2n) is 5.80. The topological polar surface area (TPSA) is 85.4 Å². The monoisotopic (exact) mass is 358 g/mol. The first-order chi connectivity index (χ1) is 12.6. The maximum absolute atomic E-state index is 12.1. The molecule has 26 heavy (non-hydrogen) atoms. The zero-order valence-corrected chi connectivity index (χ0v) is 15.5. The van der Waals surface area contributed by atoms with Crippen LogP contribution in [0.1, 0.15) is 38.3 Å². The number of hydrogen-bond acceptors (Lipinski definition) is 6. The predicted molar refractivity (Wildman–Crippen MR) is 100 cm³/mol. The summed E-state index contributed by atoms with van der Waals surface area (Å²) in [5.74, 6) is 1.84. The minimum absolute atomic E-state index is 0.0498. The van der Waals surface area contributed by atoms with Crippen LogP contribution in [0.5, 0.6) is 11.5 Å². The lowest BCUT2D eigenvalue weighted by Crippen LogP contribution is -2.28. The molecule has 140 valence electrons. The SMILES string of the molecule is CCCOc1ccc(C(C)NC(=O)CCNc2ncccn2)cc1OC. The van der Waals surface area contributed by atoms with Gasteiger partial charge in [0.05, 0.1) is 19.8 Å². The number of anilines is 1. The quantitative estimate of drug-likeness (QED) is 0.679. The molecule has 1 aromatic heterocycles. The fraction of sp³-hybridized carbons (Fsp3) is 0.421. The number of carbonyl (C=O) groups is 1. The number of rotatable bonds is 10. The van der Waals surface area contributed by atoms with E-state index in [1.807, 2.05) is 25.1 Å². The Labute approximate surface area is 154 Å². The standard InChI is InChI=1S/C19H26N4O3/c1-4-12-26-16-7-6-15(13-17(16)25-3)14(2)23-18(24)8-11-22-19-20-9-5-10-21-19/h5-7,9-10,13-14H,4,8,11-12H2,1-3H3,(H,23,24)(H,20,21,22). The Morgan fingerprint density at radius 3 is 2.69 bits per heavy atom. The van der Waals surface area contributed by atoms with E-state index in [2.05, 4.69) is 27.5 Å². The highest BCUT2D eigenvalue weighted by Gasteiger charge is 2.13. The third-order valence-electron chi connectivity index (χ3n) is 3.73. The Morgan fingerprint density at radius 1 is 1.23 bits per heavy atom. The highest BCUT2D eigenvalue weighted by molar-refractivity contribution is 5.76. The molecule has 7 nitrogen and oxygen atoms in total. The third kappa shape index (κ3) is 5.91. The highest BCUT2D eigenvalue weighted by Crippen LogP contribution is 2.30. The number of hydrogen-bond donors (Lipinski definition) is 2. The van der Waals surface area contributed by atoms with Gasteiger partial charge in [-0.25, -0.2) is 9.97 Å². The summed E-state index contributed by atoms with van der Waals surface area (Å²) in [4.78, 5) is 20.2. The largest absolute Gasteiger partial charge is 0.493 e. The molecular weight excluding hydrogens is 332 g/mol. The van der Waals surface area contributed by atoms with Crippen LogP contribution < -0.4 is 20.1 Å². The van der Waals surface area contributed by atoms with Gasteiger partial charge in [-0.15, -0.1) is 0 Å². The molecule has 0 spiro atoms. The lowest BCUT2D eigenvalue weighted by atomic mass is 10.1. The van der Waals surface area contributed by atoms with Crippen molar-refractivity contribution >= 4 is 11.9 Å². The molecule has 1 amide bonds. The van der Waals surface area contributed by atoms with Crippen LogP contribution in [0.15, 0.2) is 36.7 Å². The van der Waals surface area contributed by atoms with Gasteiger partial charge < -0.3 is 20.1 Å². The fourth-order valence-corrected chi connectivity index (χ4v) is 2.36. The lowest BCUT2D eigenvalue weighted by Gasteiger charge is -2.17. The van der Waals surface area contributed by atoms with Gasteiger partial charge in [0.15, 0.2) is 11.5 Å². The summed E-state index contributed by atoms with van der Waals surface area (Å²) in [6.07, 6.45) is 4.56. The van der Waals surface area contributed by atoms with Crippen LogP contribution in [0.25, 0.3) is 0 Å². The van der Waals surface area contributed by atoms with Crippen LogP contribution in [0, 0.1) is 0 Å². The Balaban J connectivity index is 1.85. The second kappa shape index (κ2) is 10.2. The number of amides is 1. The molecule has 2 rings (SSSR count). The van der Waals surface area contributed by atoms with Crippen LogP contribution in [-0.2, 0) is 4.79 Å². The molecule has 0 radical (unpaired) electrons. The number of aromatic nitrogens is 2. The molecule has 0 aliphatic carbocycles. The molecule has 0 aliphatic rings. The number of nitrogens with zero attached hydrogens (tertiary/aromatic N) is 2. The van der Waals surface area contributed by atoms with Crippen molar-refractivity contribution in [3.05, 3.63) is 42.2 Å². The Hall–Kier alpha value is -2.83. The van der Waals surface area contributed by atoms with E-state index in [1.54, 1.807) is 25.6 Å². The van der Waals surface area contributed by atoms with Crippen molar-refractivity contribution in [1.29, 1.82) is 0 Å². The molecule has 2 N–H and O–H groups in total. The molecule has 0 fully saturated rings. The van der Waals surface area contributed by atoms with Crippen molar-refractivity contribution in [2.24, 2.45) is 0 Å². The van der Waals surface area contributed by atoms with E-state index in [0.717, 1.165) is 12.0 Å². The predicted octanol–water partition coefficient (Wildman–Crippen LogP) is 2.95. The molecule has 0 bridgehead atoms. The van der Waals surface area contributed by atoms with Crippen molar-refractivity contribution in [3.8, 4) is 11.5 Å². The Bertz CT molecular complexity index is 694. The Morgan fingerprint density at radius 2 is 2.00 bits per heavy atom. The molecular formula is C19H26N4O3. The first kappa shape index (κ1) is 19.5. The zero-order chi connectivity index (χ0) is 18.8. The first-order valence-corrected chi connectivity index (χ1v) is 8.75. The summed E-state index contributed by atoms with van der Waals surface area (Å²) in [7, 11) is 1.61. The van der Waals surface area contributed by atoms with Crippen molar-refractivity contribution in [2.45, 2.75) is 32.7 Å². The smallest absolute Gasteiger partial charge is 0.222 e. The normalized spacial score (nSPS) is 11.5. The number of methoxy groups -OCH3 is 1. The summed E-state index contributed by atoms with van der Waals surface area (Å²) in [5, 5.41) is 5.99. The van der Waals surface area contributed by atoms with Gasteiger partial charge in [0.2, 0.25) is 11.9 Å². The van der Waals surface area contributed by atoms with Gasteiger partial charge in [-0.3, -0.25) is 4.79 Å². The minimum Gasteiger partial charge on any atom is -0.493 e. The van der Waals surface area contributed by atoms with Crippen molar-refractivity contribution in [2.75, 3.05) is 25.6 Å². The van der Waals surface area contributed by atoms with Crippen LogP contribution >= 0.6 is 0 Å². The van der Waals surface area contributed by atoms with Crippen LogP contribution in [0.2, 0.25) is 0 Å². The molecule has 2 aromatic rings. The average molecular weight is 358 g/mol. The average Bonchev–Trinajstić information content (AvgIpc) is 2.67. The van der Waals surface area contributed by atoms with Crippen molar-refractivity contribution in [3.63, 3.8) is 0 Å². The number of benzene rings is 1. The fourth-order valence-electron chi connectivity index (χ4n) is 2.36. The van der Waals surface area contributed by atoms with Gasteiger partial charge in [-0.2, -0.15) is 0 Å². The lowest BCUT2D eigenvalue weighted by molar-refractivity contribution is -0.121. The molecule has 1 heterocycles. The van der Waals surface area contributed by atoms with E-state index in [9.17, 15) is 4.79 Å². The van der Waals surface area contributed by atoms with Gasteiger partial charge >= 0.3 is 0 Å². The molecule has 0 aliphatic heterocycles. The number of nitrogens with one attached hydrogen (secondary N) is 2. The maximum Gasteiger partial charge on any atom is 0.222 e. The van der Waals surface area contributed by atoms with Crippen molar-refractivity contribution in [1.82, 2.24) is 15.3 Å². The van der Waals surface area contributed by atoms with E-state index in [1.165, 1.54) is 0 Å². The number of ether oxygens (including phenoxy) is 2. The molecule has 0 saturated carbocycles. The van der Waals surface area contributed by atoms with E-state index in [4.69, 9.17) is 9.47 Å². The van der Waals surface area contributed by atoms with Crippen LogP contribution in [0.4, 0.5) is 5.95 Å². The maximum atomic E-state index is 12.1. The zero-order valence-electron chi connectivity index (χ0n) is 15.5. The second-order valence-corrected chi connectivity index (χ2v) is 5.80. The minimum atomic E-state index is -0.135. The van der Waals surface area contributed by atoms with Gasteiger partial charge in [0, 0.05) is 25.4 Å². The Kier molecular flexibility index (Phi) is 7.67. The van der Waals surface area contributed by atoms with E-state index in [-0.39, 0.29) is 11.9 Å². The highest BCUT2D eigenvalue weighted by atomic mass is 16.5. The summed E-state index contributed by atoms with van der Waals surface area (Å²) >= 11 is 0. The van der Waals surface area contributed by atoms with Crippen LogP contribution in [-0.4, -0.2) is 36.1 Å². The third-order valence-corrected chi connectivity index (χ3v) is 3.73. The van der Waals surface area contributed by atoms with Gasteiger partial charge in [0.25, 0.3) is 0 Å². The summed E-state index contributed by atoms with van der Waals surface area (Å²) in [6.45, 7) is 5.10. The number of carbonyl (C=O) groups excluding carboxylic acids is 1. The summed E-state index contributed by atoms with van der Waals surface area (Å²) in [6, 6.07) is 7.32. The van der Waals surface area contributed by atoms with Crippen molar-refractivity contribution < 1.29 is 14.3 Å². The van der Waals surface area contributed by atoms with E-state index >= 15 is 0 Å². The molecule has 1 aromatic carbocycles. The van der Waals surface area contributed by atoms with Gasteiger partial charge in [0.1, 0.15) is 0 Å². The van der Waals surface area contributed by atoms with Gasteiger partial charge in [-0.1, -0.05) is 13.0 Å².